The number of aliphatic carboxylic acids is 1. The van der Waals surface area contributed by atoms with E-state index in [1.807, 2.05) is 54.6 Å². The average Bonchev–Trinajstić information content (AvgIpc) is 3.34. The number of nitrogens with zero attached hydrogens (tertiary/aromatic N) is 2. The Balaban J connectivity index is 1.60. The fraction of sp³-hybridized carbons (Fsp3) is 0.300. The fourth-order valence-electron chi connectivity index (χ4n) is 4.61. The number of aryl methyl sites for hydroxylation is 2. The van der Waals surface area contributed by atoms with Crippen LogP contribution in [0.4, 0.5) is 5.69 Å². The molecule has 2 atom stereocenters. The summed E-state index contributed by atoms with van der Waals surface area (Å²) in [7, 11) is 0. The van der Waals surface area contributed by atoms with Crippen LogP contribution in [0.25, 0.3) is 0 Å². The molecule has 2 N–H and O–H groups in total. The maximum Gasteiger partial charge on any atom is 0.328 e. The quantitative estimate of drug-likeness (QED) is 0.431. The number of nitrogens with one attached hydrogen (secondary N) is 1. The van der Waals surface area contributed by atoms with Crippen LogP contribution in [-0.2, 0) is 16.1 Å². The Kier molecular flexibility index (Phi) is 7.96. The van der Waals surface area contributed by atoms with Crippen molar-refractivity contribution in [3.05, 3.63) is 101 Å². The Morgan fingerprint density at radius 3 is 2.47 bits per heavy atom. The van der Waals surface area contributed by atoms with Gasteiger partial charge in [-0.1, -0.05) is 66.7 Å². The van der Waals surface area contributed by atoms with E-state index in [1.54, 1.807) is 6.92 Å². The second-order valence-corrected chi connectivity index (χ2v) is 9.44. The van der Waals surface area contributed by atoms with E-state index in [0.29, 0.717) is 17.0 Å². The molecule has 0 aromatic heterocycles. The first-order chi connectivity index (χ1) is 17.3. The number of para-hydroxylation sites is 1. The molecule has 6 nitrogen and oxygen atoms in total. The van der Waals surface area contributed by atoms with E-state index < -0.39 is 12.0 Å². The molecule has 3 aromatic carbocycles. The monoisotopic (exact) mass is 483 g/mol. The minimum absolute atomic E-state index is 0.0533. The smallest absolute Gasteiger partial charge is 0.328 e. The van der Waals surface area contributed by atoms with Gasteiger partial charge in [-0.15, -0.1) is 0 Å². The predicted molar refractivity (Wildman–Crippen MR) is 144 cm³/mol. The number of benzene rings is 3. The third-order valence-corrected chi connectivity index (χ3v) is 6.79. The molecular formula is C30H33N3O3. The number of likely N-dealkylation sites (tertiary alicyclic amines) is 1. The molecule has 186 valence electrons. The van der Waals surface area contributed by atoms with Crippen LogP contribution >= 0.6 is 0 Å². The Bertz CT molecular complexity index is 1270. The molecule has 6 heteroatoms. The molecule has 1 amide bonds. The van der Waals surface area contributed by atoms with Crippen LogP contribution in [0, 0.1) is 13.8 Å². The van der Waals surface area contributed by atoms with Crippen molar-refractivity contribution in [3.8, 4) is 0 Å². The van der Waals surface area contributed by atoms with Gasteiger partial charge in [0.2, 0.25) is 5.91 Å². The SMILES string of the molecule is Cc1ccc(CN2CCC[C@H]2C(=O)Nc2ccccc2C(=NC(C)C(=O)O)c2ccccc2)cc1C. The van der Waals surface area contributed by atoms with E-state index in [2.05, 4.69) is 47.3 Å². The Morgan fingerprint density at radius 1 is 1.03 bits per heavy atom. The molecule has 1 fully saturated rings. The van der Waals surface area contributed by atoms with Crippen molar-refractivity contribution >= 4 is 23.3 Å². The summed E-state index contributed by atoms with van der Waals surface area (Å²) in [4.78, 5) is 31.8. The molecule has 1 aliphatic heterocycles. The molecule has 1 unspecified atom stereocenters. The van der Waals surface area contributed by atoms with Crippen LogP contribution in [-0.4, -0.2) is 46.2 Å². The van der Waals surface area contributed by atoms with Gasteiger partial charge >= 0.3 is 5.97 Å². The second-order valence-electron chi connectivity index (χ2n) is 9.44. The Morgan fingerprint density at radius 2 is 1.75 bits per heavy atom. The zero-order chi connectivity index (χ0) is 25.7. The third-order valence-electron chi connectivity index (χ3n) is 6.79. The molecule has 0 radical (unpaired) electrons. The number of carboxylic acid groups (broad SMARTS) is 1. The number of amides is 1. The second kappa shape index (κ2) is 11.3. The van der Waals surface area contributed by atoms with Crippen molar-refractivity contribution in [1.29, 1.82) is 0 Å². The number of hydrogen-bond donors (Lipinski definition) is 2. The molecule has 0 aliphatic carbocycles. The van der Waals surface area contributed by atoms with Gasteiger partial charge in [-0.3, -0.25) is 14.7 Å². The Hall–Kier alpha value is -3.77. The van der Waals surface area contributed by atoms with Gasteiger partial charge in [0.15, 0.2) is 0 Å². The van der Waals surface area contributed by atoms with Gasteiger partial charge in [-0.25, -0.2) is 4.79 Å². The number of anilines is 1. The van der Waals surface area contributed by atoms with Gasteiger partial charge in [0.1, 0.15) is 6.04 Å². The van der Waals surface area contributed by atoms with E-state index in [4.69, 9.17) is 0 Å². The number of carboxylic acids is 1. The molecule has 1 aliphatic rings. The van der Waals surface area contributed by atoms with Crippen LogP contribution in [0.1, 0.15) is 47.6 Å². The highest BCUT2D eigenvalue weighted by atomic mass is 16.4. The normalized spacial score (nSPS) is 17.1. The molecule has 4 rings (SSSR count). The molecule has 3 aromatic rings. The summed E-state index contributed by atoms with van der Waals surface area (Å²) >= 11 is 0. The van der Waals surface area contributed by atoms with Gasteiger partial charge in [0, 0.05) is 17.7 Å². The van der Waals surface area contributed by atoms with Crippen molar-refractivity contribution in [1.82, 2.24) is 4.90 Å². The standard InChI is InChI=1S/C30H33N3O3/c1-20-15-16-23(18-21(20)2)19-33-17-9-14-27(33)29(34)32-26-13-8-7-12-25(26)28(31-22(3)30(35)36)24-10-5-4-6-11-24/h4-8,10-13,15-16,18,22,27H,9,14,17,19H2,1-3H3,(H,32,34)(H,35,36)/t22?,27-/m0/s1. The predicted octanol–water partition coefficient (Wildman–Crippen LogP) is 5.22. The number of carbonyl (C=O) groups is 2. The summed E-state index contributed by atoms with van der Waals surface area (Å²) in [5.41, 5.74) is 6.39. The van der Waals surface area contributed by atoms with Crippen LogP contribution in [0.3, 0.4) is 0 Å². The average molecular weight is 484 g/mol. The highest BCUT2D eigenvalue weighted by molar-refractivity contribution is 6.17. The lowest BCUT2D eigenvalue weighted by molar-refractivity contribution is -0.138. The summed E-state index contributed by atoms with van der Waals surface area (Å²) < 4.78 is 0. The number of carbonyl (C=O) groups excluding carboxylic acids is 1. The van der Waals surface area contributed by atoms with Crippen LogP contribution in [0.5, 0.6) is 0 Å². The zero-order valence-electron chi connectivity index (χ0n) is 21.1. The third kappa shape index (κ3) is 5.89. The lowest BCUT2D eigenvalue weighted by Gasteiger charge is -2.25. The zero-order valence-corrected chi connectivity index (χ0v) is 21.1. The number of hydrogen-bond acceptors (Lipinski definition) is 4. The summed E-state index contributed by atoms with van der Waals surface area (Å²) in [5, 5.41) is 12.6. The largest absolute Gasteiger partial charge is 0.480 e. The summed E-state index contributed by atoms with van der Waals surface area (Å²) in [6.07, 6.45) is 1.77. The summed E-state index contributed by atoms with van der Waals surface area (Å²) in [5.74, 6) is -1.06. The summed E-state index contributed by atoms with van der Waals surface area (Å²) in [6.45, 7) is 7.37. The van der Waals surface area contributed by atoms with Crippen molar-refractivity contribution < 1.29 is 14.7 Å². The summed E-state index contributed by atoms with van der Waals surface area (Å²) in [6, 6.07) is 22.2. The van der Waals surface area contributed by atoms with E-state index in [1.165, 1.54) is 16.7 Å². The fourth-order valence-corrected chi connectivity index (χ4v) is 4.61. The van der Waals surface area contributed by atoms with Crippen molar-refractivity contribution in [3.63, 3.8) is 0 Å². The molecule has 1 heterocycles. The first kappa shape index (κ1) is 25.3. The molecule has 0 bridgehead atoms. The van der Waals surface area contributed by atoms with Crippen molar-refractivity contribution in [2.24, 2.45) is 4.99 Å². The maximum absolute atomic E-state index is 13.5. The first-order valence-corrected chi connectivity index (χ1v) is 12.4. The van der Waals surface area contributed by atoms with Gasteiger partial charge in [0.25, 0.3) is 0 Å². The number of rotatable bonds is 8. The Labute approximate surface area is 212 Å². The van der Waals surface area contributed by atoms with Crippen molar-refractivity contribution in [2.75, 3.05) is 11.9 Å². The minimum Gasteiger partial charge on any atom is -0.480 e. The van der Waals surface area contributed by atoms with Gasteiger partial charge in [-0.2, -0.15) is 0 Å². The van der Waals surface area contributed by atoms with Gasteiger partial charge in [0.05, 0.1) is 17.4 Å². The molecule has 0 saturated carbocycles. The molecule has 0 spiro atoms. The highest BCUT2D eigenvalue weighted by Gasteiger charge is 2.31. The lowest BCUT2D eigenvalue weighted by atomic mass is 9.99. The van der Waals surface area contributed by atoms with Crippen molar-refractivity contribution in [2.45, 2.75) is 52.2 Å². The highest BCUT2D eigenvalue weighted by Crippen LogP contribution is 2.25. The first-order valence-electron chi connectivity index (χ1n) is 12.4. The maximum atomic E-state index is 13.5. The molecule has 1 saturated heterocycles. The van der Waals surface area contributed by atoms with Crippen LogP contribution in [0.15, 0.2) is 77.8 Å². The molecular weight excluding hydrogens is 450 g/mol. The lowest BCUT2D eigenvalue weighted by Crippen LogP contribution is -2.39. The van der Waals surface area contributed by atoms with Gasteiger partial charge in [-0.05, 0) is 62.9 Å². The van der Waals surface area contributed by atoms with Crippen LogP contribution < -0.4 is 5.32 Å². The van der Waals surface area contributed by atoms with E-state index in [0.717, 1.165) is 31.5 Å². The number of aliphatic imine (C=N–C) groups is 1. The minimum atomic E-state index is -1.00. The topological polar surface area (TPSA) is 82.0 Å². The molecule has 36 heavy (non-hydrogen) atoms. The van der Waals surface area contributed by atoms with Crippen LogP contribution in [0.2, 0.25) is 0 Å². The van der Waals surface area contributed by atoms with E-state index in [9.17, 15) is 14.7 Å². The van der Waals surface area contributed by atoms with Gasteiger partial charge < -0.3 is 10.4 Å². The van der Waals surface area contributed by atoms with E-state index >= 15 is 0 Å². The van der Waals surface area contributed by atoms with E-state index in [-0.39, 0.29) is 11.9 Å².